The topological polar surface area (TPSA) is 15.3 Å². The van der Waals surface area contributed by atoms with Crippen LogP contribution in [0.25, 0.3) is 0 Å². The third-order valence-electron chi connectivity index (χ3n) is 3.77. The molecule has 1 atom stereocenters. The predicted octanol–water partition coefficient (Wildman–Crippen LogP) is 3.13. The molecule has 1 unspecified atom stereocenters. The molecule has 0 aliphatic heterocycles. The van der Waals surface area contributed by atoms with Crippen molar-refractivity contribution in [1.29, 1.82) is 0 Å². The van der Waals surface area contributed by atoms with E-state index in [1.807, 2.05) is 0 Å². The smallest absolute Gasteiger partial charge is 0.0220 e. The van der Waals surface area contributed by atoms with Gasteiger partial charge >= 0.3 is 0 Å². The molecule has 0 saturated heterocycles. The Hall–Kier alpha value is -0.0800. The SMILES string of the molecule is CCC(CNCC(C)C)N(C)C(C)(C)CC. The summed E-state index contributed by atoms with van der Waals surface area (Å²) in [4.78, 5) is 2.53. The first kappa shape index (κ1) is 15.9. The summed E-state index contributed by atoms with van der Waals surface area (Å²) >= 11 is 0. The average Bonchev–Trinajstić information content (AvgIpc) is 2.23. The van der Waals surface area contributed by atoms with Crippen LogP contribution in [0.4, 0.5) is 0 Å². The van der Waals surface area contributed by atoms with Crippen molar-refractivity contribution in [3.63, 3.8) is 0 Å². The van der Waals surface area contributed by atoms with Crippen molar-refractivity contribution in [1.82, 2.24) is 10.2 Å². The Labute approximate surface area is 103 Å². The van der Waals surface area contributed by atoms with Crippen molar-refractivity contribution in [3.8, 4) is 0 Å². The van der Waals surface area contributed by atoms with Crippen molar-refractivity contribution < 1.29 is 0 Å². The van der Waals surface area contributed by atoms with Gasteiger partial charge in [-0.2, -0.15) is 0 Å². The second-order valence-electron chi connectivity index (χ2n) is 5.89. The van der Waals surface area contributed by atoms with Crippen LogP contribution in [0.15, 0.2) is 0 Å². The van der Waals surface area contributed by atoms with Crippen molar-refractivity contribution >= 4 is 0 Å². The molecule has 0 aromatic rings. The van der Waals surface area contributed by atoms with E-state index >= 15 is 0 Å². The van der Waals surface area contributed by atoms with Gasteiger partial charge in [0.2, 0.25) is 0 Å². The van der Waals surface area contributed by atoms with Crippen molar-refractivity contribution in [2.45, 2.75) is 66.0 Å². The fraction of sp³-hybridized carbons (Fsp3) is 1.00. The highest BCUT2D eigenvalue weighted by Crippen LogP contribution is 2.20. The number of nitrogens with zero attached hydrogens (tertiary/aromatic N) is 1. The minimum Gasteiger partial charge on any atom is -0.315 e. The maximum absolute atomic E-state index is 3.57. The summed E-state index contributed by atoms with van der Waals surface area (Å²) in [6.07, 6.45) is 2.41. The van der Waals surface area contributed by atoms with Crippen LogP contribution in [0.1, 0.15) is 54.4 Å². The zero-order valence-corrected chi connectivity index (χ0v) is 12.4. The maximum Gasteiger partial charge on any atom is 0.0220 e. The normalized spacial score (nSPS) is 14.8. The van der Waals surface area contributed by atoms with Crippen LogP contribution < -0.4 is 5.32 Å². The first-order valence-corrected chi connectivity index (χ1v) is 6.78. The first-order chi connectivity index (χ1) is 7.35. The van der Waals surface area contributed by atoms with Gasteiger partial charge in [-0.25, -0.2) is 0 Å². The Bertz CT molecular complexity index is 176. The Morgan fingerprint density at radius 2 is 1.69 bits per heavy atom. The van der Waals surface area contributed by atoms with Gasteiger partial charge in [-0.3, -0.25) is 4.90 Å². The Kier molecular flexibility index (Phi) is 7.25. The van der Waals surface area contributed by atoms with E-state index in [9.17, 15) is 0 Å². The summed E-state index contributed by atoms with van der Waals surface area (Å²) < 4.78 is 0. The molecule has 0 aliphatic rings. The van der Waals surface area contributed by atoms with Gasteiger partial charge in [0.25, 0.3) is 0 Å². The van der Waals surface area contributed by atoms with Gasteiger partial charge in [-0.05, 0) is 46.2 Å². The fourth-order valence-corrected chi connectivity index (χ4v) is 1.84. The van der Waals surface area contributed by atoms with Crippen LogP contribution >= 0.6 is 0 Å². The van der Waals surface area contributed by atoms with E-state index in [0.29, 0.717) is 11.6 Å². The lowest BCUT2D eigenvalue weighted by Crippen LogP contribution is -2.50. The van der Waals surface area contributed by atoms with Gasteiger partial charge in [-0.15, -0.1) is 0 Å². The van der Waals surface area contributed by atoms with E-state index in [4.69, 9.17) is 0 Å². The van der Waals surface area contributed by atoms with Crippen LogP contribution in [-0.2, 0) is 0 Å². The summed E-state index contributed by atoms with van der Waals surface area (Å²) in [7, 11) is 2.26. The van der Waals surface area contributed by atoms with Crippen LogP contribution in [-0.4, -0.2) is 36.6 Å². The molecule has 98 valence electrons. The highest BCUT2D eigenvalue weighted by Gasteiger charge is 2.26. The van der Waals surface area contributed by atoms with Crippen LogP contribution in [0, 0.1) is 5.92 Å². The van der Waals surface area contributed by atoms with Crippen LogP contribution in [0.3, 0.4) is 0 Å². The molecule has 0 heterocycles. The molecule has 0 fully saturated rings. The summed E-state index contributed by atoms with van der Waals surface area (Å²) in [5.41, 5.74) is 0.306. The molecule has 0 rings (SSSR count). The predicted molar refractivity (Wildman–Crippen MR) is 73.9 cm³/mol. The maximum atomic E-state index is 3.57. The minimum atomic E-state index is 0.306. The second kappa shape index (κ2) is 7.29. The molecular formula is C14H32N2. The quantitative estimate of drug-likeness (QED) is 0.686. The average molecular weight is 228 g/mol. The molecule has 0 radical (unpaired) electrons. The van der Waals surface area contributed by atoms with Crippen LogP contribution in [0.5, 0.6) is 0 Å². The zero-order valence-electron chi connectivity index (χ0n) is 12.4. The molecule has 16 heavy (non-hydrogen) atoms. The Morgan fingerprint density at radius 1 is 1.12 bits per heavy atom. The minimum absolute atomic E-state index is 0.306. The van der Waals surface area contributed by atoms with Crippen LogP contribution in [0.2, 0.25) is 0 Å². The van der Waals surface area contributed by atoms with Gasteiger partial charge in [0.05, 0.1) is 0 Å². The summed E-state index contributed by atoms with van der Waals surface area (Å²) in [6, 6.07) is 0.647. The van der Waals surface area contributed by atoms with E-state index in [1.165, 1.54) is 12.8 Å². The second-order valence-corrected chi connectivity index (χ2v) is 5.89. The fourth-order valence-electron chi connectivity index (χ4n) is 1.84. The van der Waals surface area contributed by atoms with Gasteiger partial charge in [0.15, 0.2) is 0 Å². The molecule has 2 heteroatoms. The van der Waals surface area contributed by atoms with E-state index in [2.05, 4.69) is 58.8 Å². The van der Waals surface area contributed by atoms with Crippen molar-refractivity contribution in [2.75, 3.05) is 20.1 Å². The number of likely N-dealkylation sites (N-methyl/N-ethyl adjacent to an activating group) is 1. The highest BCUT2D eigenvalue weighted by molar-refractivity contribution is 4.83. The third-order valence-corrected chi connectivity index (χ3v) is 3.77. The monoisotopic (exact) mass is 228 g/mol. The summed E-state index contributed by atoms with van der Waals surface area (Å²) in [6.45, 7) is 16.0. The van der Waals surface area contributed by atoms with E-state index in [0.717, 1.165) is 19.0 Å². The molecule has 2 nitrogen and oxygen atoms in total. The number of nitrogens with one attached hydrogen (secondary N) is 1. The molecule has 0 aromatic heterocycles. The first-order valence-electron chi connectivity index (χ1n) is 6.78. The molecule has 0 aromatic carbocycles. The van der Waals surface area contributed by atoms with Crippen molar-refractivity contribution in [2.24, 2.45) is 5.92 Å². The zero-order chi connectivity index (χ0) is 12.8. The third kappa shape index (κ3) is 5.31. The largest absolute Gasteiger partial charge is 0.315 e. The van der Waals surface area contributed by atoms with Crippen molar-refractivity contribution in [3.05, 3.63) is 0 Å². The van der Waals surface area contributed by atoms with Gasteiger partial charge < -0.3 is 5.32 Å². The molecule has 1 N–H and O–H groups in total. The molecule has 0 bridgehead atoms. The molecule has 0 amide bonds. The molecular weight excluding hydrogens is 196 g/mol. The number of rotatable bonds is 8. The molecule has 0 aliphatic carbocycles. The lowest BCUT2D eigenvalue weighted by Gasteiger charge is -2.40. The highest BCUT2D eigenvalue weighted by atomic mass is 15.2. The standard InChI is InChI=1S/C14H32N2/c1-8-13(11-15-10-12(3)4)16(7)14(5,6)9-2/h12-13,15H,8-11H2,1-7H3. The summed E-state index contributed by atoms with van der Waals surface area (Å²) in [5.74, 6) is 0.738. The van der Waals surface area contributed by atoms with Gasteiger partial charge in [0.1, 0.15) is 0 Å². The Balaban J connectivity index is 4.16. The number of hydrogen-bond acceptors (Lipinski definition) is 2. The summed E-state index contributed by atoms with van der Waals surface area (Å²) in [5, 5.41) is 3.57. The molecule has 0 saturated carbocycles. The van der Waals surface area contributed by atoms with Gasteiger partial charge in [0, 0.05) is 18.1 Å². The van der Waals surface area contributed by atoms with E-state index < -0.39 is 0 Å². The lowest BCUT2D eigenvalue weighted by atomic mass is 9.97. The van der Waals surface area contributed by atoms with E-state index in [1.54, 1.807) is 0 Å². The van der Waals surface area contributed by atoms with E-state index in [-0.39, 0.29) is 0 Å². The Morgan fingerprint density at radius 3 is 2.06 bits per heavy atom. The number of hydrogen-bond donors (Lipinski definition) is 1. The molecule has 0 spiro atoms. The lowest BCUT2D eigenvalue weighted by molar-refractivity contribution is 0.0930. The van der Waals surface area contributed by atoms with Gasteiger partial charge in [-0.1, -0.05) is 27.7 Å².